The molecule has 0 atom stereocenters. The minimum atomic E-state index is 0.00233. The number of hydrogen-bond donors (Lipinski definition) is 0. The van der Waals surface area contributed by atoms with Crippen molar-refractivity contribution in [1.82, 2.24) is 8.97 Å². The Balaban J connectivity index is 1.80. The van der Waals surface area contributed by atoms with Gasteiger partial charge in [-0.05, 0) is 35.2 Å². The van der Waals surface area contributed by atoms with Crippen LogP contribution in [0.25, 0.3) is 65.8 Å². The van der Waals surface area contributed by atoms with Gasteiger partial charge in [0.05, 0.1) is 27.5 Å². The zero-order valence-electron chi connectivity index (χ0n) is 20.5. The van der Waals surface area contributed by atoms with Gasteiger partial charge in [0.15, 0.2) is 0 Å². The Morgan fingerprint density at radius 2 is 1.00 bits per heavy atom. The largest absolute Gasteiger partial charge is 0.308 e. The summed E-state index contributed by atoms with van der Waals surface area (Å²) in [6.07, 6.45) is 0. The normalized spacial score (nSPS) is 11.8. The molecule has 0 radical (unpaired) electrons. The van der Waals surface area contributed by atoms with Crippen molar-refractivity contribution in [1.29, 1.82) is 0 Å². The Labute approximate surface area is 218 Å². The number of aromatic nitrogens is 2. The van der Waals surface area contributed by atoms with Crippen LogP contribution in [0.15, 0.2) is 138 Å². The van der Waals surface area contributed by atoms with Gasteiger partial charge in [0.1, 0.15) is 0 Å². The first-order valence-corrected chi connectivity index (χ1v) is 12.8. The molecule has 8 rings (SSSR count). The summed E-state index contributed by atoms with van der Waals surface area (Å²) in [5.74, 6) is 0. The van der Waals surface area contributed by atoms with Gasteiger partial charge in [0.2, 0.25) is 0 Å². The summed E-state index contributed by atoms with van der Waals surface area (Å²) in [6.45, 7) is 0. The summed E-state index contributed by atoms with van der Waals surface area (Å²) < 4.78 is 4.21. The Morgan fingerprint density at radius 1 is 0.447 bits per heavy atom. The van der Waals surface area contributed by atoms with Gasteiger partial charge in [-0.1, -0.05) is 109 Å². The van der Waals surface area contributed by atoms with Gasteiger partial charge in [-0.2, -0.15) is 0 Å². The summed E-state index contributed by atoms with van der Waals surface area (Å²) in [7, 11) is 0. The first-order chi connectivity index (χ1) is 18.8. The number of nitrogens with zero attached hydrogens (tertiary/aromatic N) is 2. The van der Waals surface area contributed by atoms with Crippen molar-refractivity contribution in [3.05, 3.63) is 144 Å². The maximum atomic E-state index is 14.7. The third-order valence-electron chi connectivity index (χ3n) is 7.68. The van der Waals surface area contributed by atoms with Gasteiger partial charge >= 0.3 is 0 Å². The van der Waals surface area contributed by atoms with Crippen LogP contribution in [0.3, 0.4) is 0 Å². The molecular weight excluding hydrogens is 464 g/mol. The van der Waals surface area contributed by atoms with Crippen molar-refractivity contribution < 1.29 is 0 Å². The second-order valence-corrected chi connectivity index (χ2v) is 9.70. The second kappa shape index (κ2) is 7.92. The Hall–Kier alpha value is -5.15. The molecule has 0 saturated heterocycles. The van der Waals surface area contributed by atoms with E-state index in [2.05, 4.69) is 102 Å². The number of rotatable bonds is 2. The molecule has 0 amide bonds. The van der Waals surface area contributed by atoms with Crippen LogP contribution in [0.4, 0.5) is 0 Å². The average molecular weight is 487 g/mol. The monoisotopic (exact) mass is 486 g/mol. The summed E-state index contributed by atoms with van der Waals surface area (Å²) in [5, 5.41) is 4.97. The van der Waals surface area contributed by atoms with Crippen LogP contribution in [0.1, 0.15) is 0 Å². The molecule has 38 heavy (non-hydrogen) atoms. The zero-order chi connectivity index (χ0) is 25.2. The van der Waals surface area contributed by atoms with Crippen LogP contribution in [0, 0.1) is 0 Å². The number of para-hydroxylation sites is 3. The van der Waals surface area contributed by atoms with Gasteiger partial charge in [0.25, 0.3) is 5.56 Å². The summed E-state index contributed by atoms with van der Waals surface area (Å²) in [6, 6.07) is 45.8. The highest BCUT2D eigenvalue weighted by molar-refractivity contribution is 6.22. The number of pyridine rings is 2. The maximum absolute atomic E-state index is 14.7. The quantitative estimate of drug-likeness (QED) is 0.225. The number of fused-ring (bicyclic) bond motifs is 9. The predicted molar refractivity (Wildman–Crippen MR) is 158 cm³/mol. The molecule has 0 aliphatic heterocycles. The minimum Gasteiger partial charge on any atom is -0.308 e. The third kappa shape index (κ3) is 2.76. The number of hydrogen-bond acceptors (Lipinski definition) is 1. The Kier molecular flexibility index (Phi) is 4.38. The predicted octanol–water partition coefficient (Wildman–Crippen LogP) is 8.37. The highest BCUT2D eigenvalue weighted by Crippen LogP contribution is 2.42. The van der Waals surface area contributed by atoms with E-state index in [0.717, 1.165) is 65.8 Å². The molecule has 5 aromatic carbocycles. The molecule has 0 aliphatic carbocycles. The Bertz CT molecular complexity index is 2240. The molecule has 0 saturated carbocycles. The minimum absolute atomic E-state index is 0.00233. The van der Waals surface area contributed by atoms with Crippen molar-refractivity contribution in [2.75, 3.05) is 0 Å². The fraction of sp³-hybridized carbons (Fsp3) is 0. The van der Waals surface area contributed by atoms with Gasteiger partial charge in [-0.15, -0.1) is 0 Å². The Morgan fingerprint density at radius 3 is 1.74 bits per heavy atom. The standard InChI is InChI=1S/C35H22N2O/c38-35-32-28-20-10-12-22-30(28)36(24-15-5-2-6-16-24)34(32)31(23-13-3-1-4-14-23)33-27-19-8-7-17-25(27)26-18-9-11-21-29(26)37(33)35/h1-22H. The van der Waals surface area contributed by atoms with Crippen LogP contribution in [0.5, 0.6) is 0 Å². The van der Waals surface area contributed by atoms with Crippen molar-refractivity contribution in [2.45, 2.75) is 0 Å². The van der Waals surface area contributed by atoms with Crippen LogP contribution < -0.4 is 5.56 Å². The molecule has 0 fully saturated rings. The molecule has 8 aromatic rings. The summed E-state index contributed by atoms with van der Waals surface area (Å²) >= 11 is 0. The highest BCUT2D eigenvalue weighted by Gasteiger charge is 2.24. The molecule has 0 aliphatic rings. The van der Waals surface area contributed by atoms with E-state index in [1.54, 1.807) is 0 Å². The topological polar surface area (TPSA) is 26.4 Å². The molecule has 3 heterocycles. The molecule has 0 bridgehead atoms. The fourth-order valence-corrected chi connectivity index (χ4v) is 6.16. The van der Waals surface area contributed by atoms with Crippen LogP contribution in [-0.2, 0) is 0 Å². The second-order valence-electron chi connectivity index (χ2n) is 9.70. The van der Waals surface area contributed by atoms with Gasteiger partial charge in [0, 0.05) is 27.4 Å². The van der Waals surface area contributed by atoms with Crippen LogP contribution in [0.2, 0.25) is 0 Å². The first-order valence-electron chi connectivity index (χ1n) is 12.8. The summed E-state index contributed by atoms with van der Waals surface area (Å²) in [4.78, 5) is 14.7. The zero-order valence-corrected chi connectivity index (χ0v) is 20.5. The van der Waals surface area contributed by atoms with Crippen molar-refractivity contribution >= 4 is 49.0 Å². The SMILES string of the molecule is O=c1c2c3ccccc3n(-c3ccccc3)c2c(-c2ccccc2)c2c3ccccc3c3ccccc3n12. The lowest BCUT2D eigenvalue weighted by Crippen LogP contribution is -2.16. The molecule has 3 nitrogen and oxygen atoms in total. The molecule has 0 N–H and O–H groups in total. The maximum Gasteiger partial charge on any atom is 0.265 e. The summed E-state index contributed by atoms with van der Waals surface area (Å²) in [5.41, 5.74) is 6.98. The van der Waals surface area contributed by atoms with E-state index in [-0.39, 0.29) is 5.56 Å². The highest BCUT2D eigenvalue weighted by atomic mass is 16.1. The van der Waals surface area contributed by atoms with Gasteiger partial charge < -0.3 is 4.57 Å². The van der Waals surface area contributed by atoms with E-state index < -0.39 is 0 Å². The molecule has 3 aromatic heterocycles. The first kappa shape index (κ1) is 21.0. The van der Waals surface area contributed by atoms with Crippen LogP contribution in [-0.4, -0.2) is 8.97 Å². The third-order valence-corrected chi connectivity index (χ3v) is 7.68. The number of benzene rings is 5. The van der Waals surface area contributed by atoms with Crippen LogP contribution >= 0.6 is 0 Å². The van der Waals surface area contributed by atoms with E-state index >= 15 is 0 Å². The van der Waals surface area contributed by atoms with Gasteiger partial charge in [-0.25, -0.2) is 0 Å². The molecule has 3 heteroatoms. The van der Waals surface area contributed by atoms with E-state index in [4.69, 9.17) is 0 Å². The lowest BCUT2D eigenvalue weighted by atomic mass is 9.96. The lowest BCUT2D eigenvalue weighted by molar-refractivity contribution is 1.16. The van der Waals surface area contributed by atoms with Crippen molar-refractivity contribution in [3.63, 3.8) is 0 Å². The van der Waals surface area contributed by atoms with Crippen molar-refractivity contribution in [2.24, 2.45) is 0 Å². The fourth-order valence-electron chi connectivity index (χ4n) is 6.16. The van der Waals surface area contributed by atoms with Crippen molar-refractivity contribution in [3.8, 4) is 16.8 Å². The van der Waals surface area contributed by atoms with E-state index in [9.17, 15) is 4.79 Å². The smallest absolute Gasteiger partial charge is 0.265 e. The molecule has 178 valence electrons. The average Bonchev–Trinajstić information content (AvgIpc) is 3.33. The van der Waals surface area contributed by atoms with Gasteiger partial charge in [-0.3, -0.25) is 9.20 Å². The molecule has 0 unspecified atom stereocenters. The molecule has 0 spiro atoms. The van der Waals surface area contributed by atoms with E-state index in [1.807, 2.05) is 40.8 Å². The lowest BCUT2D eigenvalue weighted by Gasteiger charge is -2.18. The van der Waals surface area contributed by atoms with E-state index in [0.29, 0.717) is 0 Å². The van der Waals surface area contributed by atoms with E-state index in [1.165, 1.54) is 0 Å². The molecular formula is C35H22N2O.